The Morgan fingerprint density at radius 2 is 1.50 bits per heavy atom. The van der Waals surface area contributed by atoms with Crippen molar-refractivity contribution < 1.29 is 9.59 Å². The minimum Gasteiger partial charge on any atom is -0.355 e. The second-order valence-corrected chi connectivity index (χ2v) is 11.4. The minimum atomic E-state index is -0.0950. The van der Waals surface area contributed by atoms with Gasteiger partial charge in [-0.15, -0.1) is 0 Å². The Morgan fingerprint density at radius 1 is 0.786 bits per heavy atom. The normalized spacial score (nSPS) is 12.0. The quantitative estimate of drug-likeness (QED) is 0.203. The molecule has 0 radical (unpaired) electrons. The first-order valence-corrected chi connectivity index (χ1v) is 14.6. The van der Waals surface area contributed by atoms with Gasteiger partial charge in [0.25, 0.3) is 11.8 Å². The molecule has 5 rings (SSSR count). The lowest BCUT2D eigenvalue weighted by Crippen LogP contribution is -2.26. The first-order valence-electron chi connectivity index (χ1n) is 14.6. The van der Waals surface area contributed by atoms with Crippen molar-refractivity contribution in [1.29, 1.82) is 0 Å². The number of fused-ring (bicyclic) bond motifs is 1. The fraction of sp³-hybridized carbons (Fsp3) is 0.243. The van der Waals surface area contributed by atoms with E-state index in [-0.39, 0.29) is 17.9 Å². The fourth-order valence-corrected chi connectivity index (χ4v) is 5.59. The Balaban J connectivity index is 1.37. The van der Waals surface area contributed by atoms with Crippen molar-refractivity contribution in [1.82, 2.24) is 15.2 Å². The number of benzene rings is 4. The molecule has 0 spiro atoms. The van der Waals surface area contributed by atoms with Gasteiger partial charge >= 0.3 is 0 Å². The molecule has 214 valence electrons. The highest BCUT2D eigenvalue weighted by atomic mass is 16.2. The molecule has 0 aliphatic heterocycles. The SMILES string of the molecule is CNC(=O)c1ccccc1-c1ccc(Cn2c(C)c(C)c3cc(C(=O)N[C@@H](C)c4cccc(C(C)C)c4)ccc32)cc1. The number of aryl methyl sites for hydroxylation is 1. The van der Waals surface area contributed by atoms with Gasteiger partial charge in [-0.25, -0.2) is 0 Å². The standard InChI is InChI=1S/C37H39N3O2/c1-23(2)29-10-9-11-30(20-29)25(4)39-36(41)31-18-19-35-34(21-31)24(3)26(5)40(35)22-27-14-16-28(17-15-27)32-12-7-8-13-33(32)37(42)38-6/h7-21,23,25H,22H2,1-6H3,(H,38,42)(H,39,41)/t25-/m0/s1. The van der Waals surface area contributed by atoms with Gasteiger partial charge in [0.05, 0.1) is 6.04 Å². The summed E-state index contributed by atoms with van der Waals surface area (Å²) < 4.78 is 2.31. The molecule has 0 aliphatic rings. The van der Waals surface area contributed by atoms with Gasteiger partial charge in [0.2, 0.25) is 0 Å². The molecule has 5 aromatic rings. The van der Waals surface area contributed by atoms with E-state index in [0.29, 0.717) is 23.6 Å². The van der Waals surface area contributed by atoms with E-state index >= 15 is 0 Å². The average molecular weight is 558 g/mol. The number of amides is 2. The molecule has 2 N–H and O–H groups in total. The van der Waals surface area contributed by atoms with Crippen molar-refractivity contribution in [3.63, 3.8) is 0 Å². The third kappa shape index (κ3) is 5.73. The molecule has 42 heavy (non-hydrogen) atoms. The molecule has 2 amide bonds. The van der Waals surface area contributed by atoms with E-state index in [9.17, 15) is 9.59 Å². The summed E-state index contributed by atoms with van der Waals surface area (Å²) in [5, 5.41) is 7.00. The number of nitrogens with one attached hydrogen (secondary N) is 2. The summed E-state index contributed by atoms with van der Waals surface area (Å²) >= 11 is 0. The zero-order valence-corrected chi connectivity index (χ0v) is 25.3. The number of hydrogen-bond donors (Lipinski definition) is 2. The van der Waals surface area contributed by atoms with Crippen LogP contribution in [0.5, 0.6) is 0 Å². The van der Waals surface area contributed by atoms with E-state index in [1.54, 1.807) is 7.05 Å². The van der Waals surface area contributed by atoms with Crippen LogP contribution in [0.15, 0.2) is 91.0 Å². The molecule has 0 aliphatic carbocycles. The Hall–Kier alpha value is -4.64. The fourth-order valence-electron chi connectivity index (χ4n) is 5.59. The maximum Gasteiger partial charge on any atom is 0.251 e. The van der Waals surface area contributed by atoms with Gasteiger partial charge in [-0.2, -0.15) is 0 Å². The van der Waals surface area contributed by atoms with E-state index in [1.807, 2.05) is 43.3 Å². The van der Waals surface area contributed by atoms with E-state index in [1.165, 1.54) is 16.8 Å². The Bertz CT molecular complexity index is 1760. The van der Waals surface area contributed by atoms with Crippen molar-refractivity contribution in [3.05, 3.63) is 130 Å². The highest BCUT2D eigenvalue weighted by Gasteiger charge is 2.17. The molecule has 1 heterocycles. The smallest absolute Gasteiger partial charge is 0.251 e. The molecule has 5 heteroatoms. The molecule has 1 atom stereocenters. The van der Waals surface area contributed by atoms with Crippen LogP contribution >= 0.6 is 0 Å². The lowest BCUT2D eigenvalue weighted by molar-refractivity contribution is 0.0937. The monoisotopic (exact) mass is 557 g/mol. The summed E-state index contributed by atoms with van der Waals surface area (Å²) in [6, 6.07) is 30.4. The Morgan fingerprint density at radius 3 is 2.21 bits per heavy atom. The van der Waals surface area contributed by atoms with Crippen LogP contribution < -0.4 is 10.6 Å². The highest BCUT2D eigenvalue weighted by molar-refractivity contribution is 6.01. The van der Waals surface area contributed by atoms with Crippen LogP contribution in [0.1, 0.15) is 81.4 Å². The third-order valence-electron chi connectivity index (χ3n) is 8.33. The summed E-state index contributed by atoms with van der Waals surface area (Å²) in [5.41, 5.74) is 10.2. The highest BCUT2D eigenvalue weighted by Crippen LogP contribution is 2.29. The van der Waals surface area contributed by atoms with Crippen LogP contribution in [0.4, 0.5) is 0 Å². The topological polar surface area (TPSA) is 63.1 Å². The maximum atomic E-state index is 13.3. The number of nitrogens with zero attached hydrogens (tertiary/aromatic N) is 1. The minimum absolute atomic E-state index is 0.0724. The zero-order chi connectivity index (χ0) is 30.0. The van der Waals surface area contributed by atoms with Gasteiger partial charge in [-0.05, 0) is 84.3 Å². The van der Waals surface area contributed by atoms with Crippen molar-refractivity contribution in [2.45, 2.75) is 53.1 Å². The molecule has 0 saturated heterocycles. The van der Waals surface area contributed by atoms with Crippen molar-refractivity contribution in [2.24, 2.45) is 0 Å². The van der Waals surface area contributed by atoms with Crippen molar-refractivity contribution in [2.75, 3.05) is 7.05 Å². The first-order chi connectivity index (χ1) is 20.2. The summed E-state index contributed by atoms with van der Waals surface area (Å²) in [6.07, 6.45) is 0. The van der Waals surface area contributed by atoms with Gasteiger partial charge in [0, 0.05) is 41.3 Å². The van der Waals surface area contributed by atoms with Crippen LogP contribution in [0.25, 0.3) is 22.0 Å². The number of carbonyl (C=O) groups is 2. The second kappa shape index (κ2) is 12.1. The van der Waals surface area contributed by atoms with E-state index in [2.05, 4.69) is 97.5 Å². The molecule has 0 fully saturated rings. The molecular weight excluding hydrogens is 518 g/mol. The molecular formula is C37H39N3O2. The zero-order valence-electron chi connectivity index (χ0n) is 25.3. The lowest BCUT2D eigenvalue weighted by Gasteiger charge is -2.16. The second-order valence-electron chi connectivity index (χ2n) is 11.4. The largest absolute Gasteiger partial charge is 0.355 e. The lowest BCUT2D eigenvalue weighted by atomic mass is 9.98. The van der Waals surface area contributed by atoms with Gasteiger partial charge in [0.1, 0.15) is 0 Å². The molecule has 0 unspecified atom stereocenters. The predicted molar refractivity (Wildman–Crippen MR) is 172 cm³/mol. The van der Waals surface area contributed by atoms with E-state index in [0.717, 1.165) is 33.2 Å². The third-order valence-corrected chi connectivity index (χ3v) is 8.33. The van der Waals surface area contributed by atoms with Gasteiger partial charge in [-0.3, -0.25) is 9.59 Å². The predicted octanol–water partition coefficient (Wildman–Crippen LogP) is 7.95. The molecule has 0 bridgehead atoms. The molecule has 5 nitrogen and oxygen atoms in total. The Kier molecular flexibility index (Phi) is 8.30. The van der Waals surface area contributed by atoms with Crippen LogP contribution in [0.2, 0.25) is 0 Å². The van der Waals surface area contributed by atoms with Crippen LogP contribution in [-0.4, -0.2) is 23.4 Å². The first kappa shape index (κ1) is 28.9. The molecule has 4 aromatic carbocycles. The summed E-state index contributed by atoms with van der Waals surface area (Å²) in [4.78, 5) is 25.6. The number of rotatable bonds is 8. The van der Waals surface area contributed by atoms with Crippen LogP contribution in [0, 0.1) is 13.8 Å². The summed E-state index contributed by atoms with van der Waals surface area (Å²) in [6.45, 7) is 11.4. The van der Waals surface area contributed by atoms with E-state index < -0.39 is 0 Å². The van der Waals surface area contributed by atoms with Crippen molar-refractivity contribution in [3.8, 4) is 11.1 Å². The van der Waals surface area contributed by atoms with E-state index in [4.69, 9.17) is 0 Å². The number of carbonyl (C=O) groups excluding carboxylic acids is 2. The molecule has 0 saturated carbocycles. The van der Waals surface area contributed by atoms with Gasteiger partial charge in [0.15, 0.2) is 0 Å². The summed E-state index contributed by atoms with van der Waals surface area (Å²) in [5.74, 6) is 0.272. The summed E-state index contributed by atoms with van der Waals surface area (Å²) in [7, 11) is 1.65. The maximum absolute atomic E-state index is 13.3. The van der Waals surface area contributed by atoms with Crippen LogP contribution in [0.3, 0.4) is 0 Å². The van der Waals surface area contributed by atoms with Gasteiger partial charge in [-0.1, -0.05) is 80.6 Å². The Labute approximate surface area is 248 Å². The average Bonchev–Trinajstić information content (AvgIpc) is 3.25. The molecule has 1 aromatic heterocycles. The number of hydrogen-bond acceptors (Lipinski definition) is 2. The van der Waals surface area contributed by atoms with Gasteiger partial charge < -0.3 is 15.2 Å². The van der Waals surface area contributed by atoms with Crippen LogP contribution in [-0.2, 0) is 6.54 Å². The number of aromatic nitrogens is 1. The van der Waals surface area contributed by atoms with Crippen molar-refractivity contribution >= 4 is 22.7 Å².